The van der Waals surface area contributed by atoms with Gasteiger partial charge in [0.25, 0.3) is 0 Å². The van der Waals surface area contributed by atoms with Gasteiger partial charge in [0.05, 0.1) is 5.69 Å². The summed E-state index contributed by atoms with van der Waals surface area (Å²) in [6.07, 6.45) is 2.53. The Labute approximate surface area is 89.7 Å². The monoisotopic (exact) mass is 207 g/mol. The molecule has 0 radical (unpaired) electrons. The Morgan fingerprint density at radius 2 is 2.27 bits per heavy atom. The molecular formula is C11H17N3O. The van der Waals surface area contributed by atoms with Gasteiger partial charge in [-0.05, 0) is 32.3 Å². The van der Waals surface area contributed by atoms with Crippen molar-refractivity contribution in [2.45, 2.75) is 39.2 Å². The summed E-state index contributed by atoms with van der Waals surface area (Å²) in [5, 5.41) is 7.37. The van der Waals surface area contributed by atoms with Gasteiger partial charge in [0.2, 0.25) is 5.91 Å². The van der Waals surface area contributed by atoms with Crippen LogP contribution in [0.5, 0.6) is 0 Å². The predicted octanol–water partition coefficient (Wildman–Crippen LogP) is 0.858. The summed E-state index contributed by atoms with van der Waals surface area (Å²) in [6, 6.07) is 0.305. The van der Waals surface area contributed by atoms with Crippen LogP contribution < -0.4 is 5.32 Å². The van der Waals surface area contributed by atoms with Crippen LogP contribution in [0, 0.1) is 13.8 Å². The molecule has 1 aliphatic heterocycles. The van der Waals surface area contributed by atoms with E-state index in [2.05, 4.69) is 17.3 Å². The zero-order chi connectivity index (χ0) is 11.0. The summed E-state index contributed by atoms with van der Waals surface area (Å²) in [6.45, 7) is 4.10. The molecule has 1 atom stereocenters. The molecule has 0 spiro atoms. The van der Waals surface area contributed by atoms with Crippen LogP contribution in [0.15, 0.2) is 0 Å². The summed E-state index contributed by atoms with van der Waals surface area (Å²) in [4.78, 5) is 11.1. The fourth-order valence-corrected chi connectivity index (χ4v) is 2.19. The molecule has 2 rings (SSSR count). The molecule has 1 aliphatic rings. The second-order valence-corrected chi connectivity index (χ2v) is 4.28. The third-order valence-corrected chi connectivity index (χ3v) is 3.19. The first-order chi connectivity index (χ1) is 7.08. The molecule has 4 nitrogen and oxygen atoms in total. The highest BCUT2D eigenvalue weighted by atomic mass is 16.1. The molecule has 0 saturated carbocycles. The van der Waals surface area contributed by atoms with Crippen molar-refractivity contribution < 1.29 is 4.79 Å². The Morgan fingerprint density at radius 1 is 1.53 bits per heavy atom. The second-order valence-electron chi connectivity index (χ2n) is 4.28. The molecule has 0 aliphatic carbocycles. The van der Waals surface area contributed by atoms with Gasteiger partial charge >= 0.3 is 0 Å². The fraction of sp³-hybridized carbons (Fsp3) is 0.636. The standard InChI is InChI=1S/C11H17N3O/c1-7-10(8(2)14(3)13-7)6-9-4-5-11(15)12-9/h9H,4-6H2,1-3H3,(H,12,15)/t9-/m1/s1. The lowest BCUT2D eigenvalue weighted by molar-refractivity contribution is -0.119. The molecule has 2 heterocycles. The summed E-state index contributed by atoms with van der Waals surface area (Å²) in [5.74, 6) is 0.180. The van der Waals surface area contributed by atoms with Crippen LogP contribution in [0.2, 0.25) is 0 Å². The number of hydrogen-bond acceptors (Lipinski definition) is 2. The van der Waals surface area contributed by atoms with Crippen molar-refractivity contribution >= 4 is 5.91 Å². The summed E-state index contributed by atoms with van der Waals surface area (Å²) >= 11 is 0. The van der Waals surface area contributed by atoms with Gasteiger partial charge in [0.15, 0.2) is 0 Å². The fourth-order valence-electron chi connectivity index (χ4n) is 2.19. The maximum absolute atomic E-state index is 11.1. The van der Waals surface area contributed by atoms with Gasteiger partial charge in [-0.3, -0.25) is 9.48 Å². The van der Waals surface area contributed by atoms with Crippen molar-refractivity contribution in [2.75, 3.05) is 0 Å². The molecule has 0 unspecified atom stereocenters. The third kappa shape index (κ3) is 1.89. The van der Waals surface area contributed by atoms with Gasteiger partial charge in [-0.15, -0.1) is 0 Å². The van der Waals surface area contributed by atoms with E-state index in [1.807, 2.05) is 18.7 Å². The van der Waals surface area contributed by atoms with E-state index in [-0.39, 0.29) is 5.91 Å². The number of hydrogen-bond donors (Lipinski definition) is 1. The molecule has 0 bridgehead atoms. The SMILES string of the molecule is Cc1nn(C)c(C)c1C[C@H]1CCC(=O)N1. The molecule has 1 amide bonds. The van der Waals surface area contributed by atoms with Crippen molar-refractivity contribution in [3.8, 4) is 0 Å². The molecule has 0 aromatic carbocycles. The number of rotatable bonds is 2. The van der Waals surface area contributed by atoms with Gasteiger partial charge in [0, 0.05) is 25.2 Å². The molecule has 15 heavy (non-hydrogen) atoms. The average Bonchev–Trinajstić information content (AvgIpc) is 2.67. The summed E-state index contributed by atoms with van der Waals surface area (Å²) in [5.41, 5.74) is 3.56. The highest BCUT2D eigenvalue weighted by Gasteiger charge is 2.23. The molecule has 82 valence electrons. The number of carbonyl (C=O) groups is 1. The van der Waals surface area contributed by atoms with Gasteiger partial charge < -0.3 is 5.32 Å². The third-order valence-electron chi connectivity index (χ3n) is 3.19. The molecular weight excluding hydrogens is 190 g/mol. The zero-order valence-electron chi connectivity index (χ0n) is 9.50. The van der Waals surface area contributed by atoms with E-state index in [1.54, 1.807) is 0 Å². The highest BCUT2D eigenvalue weighted by molar-refractivity contribution is 5.78. The minimum Gasteiger partial charge on any atom is -0.353 e. The van der Waals surface area contributed by atoms with Gasteiger partial charge in [-0.2, -0.15) is 5.10 Å². The maximum atomic E-state index is 11.1. The smallest absolute Gasteiger partial charge is 0.220 e. The Morgan fingerprint density at radius 3 is 2.73 bits per heavy atom. The minimum absolute atomic E-state index is 0.180. The van der Waals surface area contributed by atoms with Crippen LogP contribution in [0.3, 0.4) is 0 Å². The molecule has 1 fully saturated rings. The lowest BCUT2D eigenvalue weighted by Gasteiger charge is -2.09. The number of nitrogens with zero attached hydrogens (tertiary/aromatic N) is 2. The van der Waals surface area contributed by atoms with Crippen LogP contribution in [0.4, 0.5) is 0 Å². The molecule has 4 heteroatoms. The number of aryl methyl sites for hydroxylation is 2. The minimum atomic E-state index is 0.180. The second kappa shape index (κ2) is 3.68. The van der Waals surface area contributed by atoms with E-state index in [0.717, 1.165) is 18.5 Å². The lowest BCUT2D eigenvalue weighted by Crippen LogP contribution is -2.27. The van der Waals surface area contributed by atoms with Crippen molar-refractivity contribution in [2.24, 2.45) is 7.05 Å². The van der Waals surface area contributed by atoms with E-state index in [4.69, 9.17) is 0 Å². The first-order valence-corrected chi connectivity index (χ1v) is 5.36. The van der Waals surface area contributed by atoms with E-state index in [9.17, 15) is 4.79 Å². The van der Waals surface area contributed by atoms with Crippen molar-refractivity contribution in [3.05, 3.63) is 17.0 Å². The van der Waals surface area contributed by atoms with Gasteiger partial charge in [0.1, 0.15) is 0 Å². The highest BCUT2D eigenvalue weighted by Crippen LogP contribution is 2.18. The number of nitrogens with one attached hydrogen (secondary N) is 1. The Bertz CT molecular complexity index is 395. The Kier molecular flexibility index (Phi) is 2.50. The van der Waals surface area contributed by atoms with Crippen molar-refractivity contribution in [1.29, 1.82) is 0 Å². The summed E-state index contributed by atoms with van der Waals surface area (Å²) < 4.78 is 1.90. The van der Waals surface area contributed by atoms with Crippen LogP contribution in [0.1, 0.15) is 29.8 Å². The summed E-state index contributed by atoms with van der Waals surface area (Å²) in [7, 11) is 1.96. The van der Waals surface area contributed by atoms with Crippen LogP contribution in [0.25, 0.3) is 0 Å². The van der Waals surface area contributed by atoms with Crippen LogP contribution in [-0.4, -0.2) is 21.7 Å². The zero-order valence-corrected chi connectivity index (χ0v) is 9.50. The molecule has 1 saturated heterocycles. The van der Waals surface area contributed by atoms with E-state index in [1.165, 1.54) is 11.3 Å². The maximum Gasteiger partial charge on any atom is 0.220 e. The van der Waals surface area contributed by atoms with Crippen molar-refractivity contribution in [1.82, 2.24) is 15.1 Å². The first-order valence-electron chi connectivity index (χ1n) is 5.36. The predicted molar refractivity (Wildman–Crippen MR) is 57.6 cm³/mol. The topological polar surface area (TPSA) is 46.9 Å². The van der Waals surface area contributed by atoms with E-state index < -0.39 is 0 Å². The largest absolute Gasteiger partial charge is 0.353 e. The first kappa shape index (κ1) is 10.2. The average molecular weight is 207 g/mol. The quantitative estimate of drug-likeness (QED) is 0.781. The normalized spacial score (nSPS) is 20.7. The molecule has 1 N–H and O–H groups in total. The van der Waals surface area contributed by atoms with Gasteiger partial charge in [-0.25, -0.2) is 0 Å². The number of amides is 1. The van der Waals surface area contributed by atoms with Crippen LogP contribution >= 0.6 is 0 Å². The molecule has 1 aromatic heterocycles. The van der Waals surface area contributed by atoms with Crippen molar-refractivity contribution in [3.63, 3.8) is 0 Å². The molecule has 1 aromatic rings. The lowest BCUT2D eigenvalue weighted by atomic mass is 10.0. The number of carbonyl (C=O) groups excluding carboxylic acids is 1. The number of aromatic nitrogens is 2. The van der Waals surface area contributed by atoms with E-state index >= 15 is 0 Å². The Balaban J connectivity index is 2.13. The van der Waals surface area contributed by atoms with E-state index in [0.29, 0.717) is 12.5 Å². The van der Waals surface area contributed by atoms with Crippen LogP contribution in [-0.2, 0) is 18.3 Å². The van der Waals surface area contributed by atoms with Gasteiger partial charge in [-0.1, -0.05) is 0 Å². The Hall–Kier alpha value is -1.32.